The predicted octanol–water partition coefficient (Wildman–Crippen LogP) is 6.63. The molecule has 1 saturated carbocycles. The zero-order valence-electron chi connectivity index (χ0n) is 22.4. The molecule has 196 valence electrons. The van der Waals surface area contributed by atoms with Gasteiger partial charge in [-0.15, -0.1) is 0 Å². The summed E-state index contributed by atoms with van der Waals surface area (Å²) in [5, 5.41) is 2.77. The number of hydrogen-bond acceptors (Lipinski definition) is 3. The predicted molar refractivity (Wildman–Crippen MR) is 155 cm³/mol. The number of fused-ring (bicyclic) bond motifs is 1. The molecule has 0 unspecified atom stereocenters. The van der Waals surface area contributed by atoms with Crippen molar-refractivity contribution in [2.45, 2.75) is 45.1 Å². The number of likely N-dealkylation sites (tertiary alicyclic amines) is 1. The first-order valence-corrected chi connectivity index (χ1v) is 14.3. The summed E-state index contributed by atoms with van der Waals surface area (Å²) in [5.41, 5.74) is 6.19. The molecule has 3 aromatic carbocycles. The van der Waals surface area contributed by atoms with E-state index in [0.29, 0.717) is 11.5 Å². The number of aromatic nitrogens is 2. The van der Waals surface area contributed by atoms with Gasteiger partial charge in [0.1, 0.15) is 5.82 Å². The zero-order valence-corrected chi connectivity index (χ0v) is 22.4. The van der Waals surface area contributed by atoms with Crippen LogP contribution in [0, 0.1) is 11.8 Å². The molecule has 4 aromatic rings. The van der Waals surface area contributed by atoms with Crippen molar-refractivity contribution in [1.82, 2.24) is 19.8 Å². The van der Waals surface area contributed by atoms with Gasteiger partial charge in [-0.3, -0.25) is 4.79 Å². The fraction of sp³-hybridized carbons (Fsp3) is 0.394. The van der Waals surface area contributed by atoms with Gasteiger partial charge in [-0.1, -0.05) is 67.4 Å². The second kappa shape index (κ2) is 11.1. The molecule has 0 bridgehead atoms. The Bertz CT molecular complexity index is 1380. The number of benzene rings is 3. The van der Waals surface area contributed by atoms with Gasteiger partial charge in [0.2, 0.25) is 0 Å². The van der Waals surface area contributed by atoms with Crippen LogP contribution in [0.1, 0.15) is 48.9 Å². The lowest BCUT2D eigenvalue weighted by Crippen LogP contribution is -2.37. The number of imidazole rings is 1. The maximum atomic E-state index is 12.4. The Labute approximate surface area is 225 Å². The molecule has 2 fully saturated rings. The van der Waals surface area contributed by atoms with Crippen LogP contribution in [0.4, 0.5) is 0 Å². The molecule has 1 saturated heterocycles. The van der Waals surface area contributed by atoms with Gasteiger partial charge >= 0.3 is 0 Å². The second-order valence-electron chi connectivity index (χ2n) is 11.2. The third kappa shape index (κ3) is 5.25. The number of rotatable bonds is 7. The fourth-order valence-electron chi connectivity index (χ4n) is 6.42. The van der Waals surface area contributed by atoms with Gasteiger partial charge in [0.25, 0.3) is 5.91 Å². The number of piperidine rings is 1. The topological polar surface area (TPSA) is 50.2 Å². The van der Waals surface area contributed by atoms with E-state index in [9.17, 15) is 4.79 Å². The van der Waals surface area contributed by atoms with Crippen LogP contribution in [0.3, 0.4) is 0 Å². The average molecular weight is 507 g/mol. The number of nitrogens with one attached hydrogen (secondary N) is 1. The fourth-order valence-corrected chi connectivity index (χ4v) is 6.42. The zero-order chi connectivity index (χ0) is 25.9. The van der Waals surface area contributed by atoms with E-state index in [1.165, 1.54) is 69.3 Å². The summed E-state index contributed by atoms with van der Waals surface area (Å²) in [6.45, 7) is 4.60. The summed E-state index contributed by atoms with van der Waals surface area (Å²) in [5.74, 6) is 2.45. The maximum absolute atomic E-state index is 12.4. The first kappa shape index (κ1) is 24.9. The summed E-state index contributed by atoms with van der Waals surface area (Å²) in [6.07, 6.45) is 8.11. The smallest absolute Gasteiger partial charge is 0.251 e. The van der Waals surface area contributed by atoms with Gasteiger partial charge in [-0.2, -0.15) is 0 Å². The highest BCUT2D eigenvalue weighted by atomic mass is 16.1. The van der Waals surface area contributed by atoms with Crippen molar-refractivity contribution < 1.29 is 4.79 Å². The molecule has 5 heteroatoms. The monoisotopic (exact) mass is 506 g/mol. The lowest BCUT2D eigenvalue weighted by molar-refractivity contribution is 0.0963. The molecule has 2 aliphatic rings. The van der Waals surface area contributed by atoms with Gasteiger partial charge in [-0.25, -0.2) is 4.98 Å². The third-order valence-corrected chi connectivity index (χ3v) is 8.63. The molecule has 1 aromatic heterocycles. The van der Waals surface area contributed by atoms with Crippen molar-refractivity contribution in [3.05, 3.63) is 78.4 Å². The van der Waals surface area contributed by atoms with E-state index in [4.69, 9.17) is 4.98 Å². The molecule has 5 nitrogen and oxygen atoms in total. The van der Waals surface area contributed by atoms with Gasteiger partial charge in [0.15, 0.2) is 0 Å². The molecule has 1 amide bonds. The Hall–Kier alpha value is -3.44. The van der Waals surface area contributed by atoms with Crippen LogP contribution < -0.4 is 5.32 Å². The Kier molecular flexibility index (Phi) is 7.28. The number of carbonyl (C=O) groups excluding carboxylic acids is 1. The highest BCUT2D eigenvalue weighted by Crippen LogP contribution is 2.32. The van der Waals surface area contributed by atoms with Crippen molar-refractivity contribution >= 4 is 16.9 Å². The first-order valence-electron chi connectivity index (χ1n) is 14.3. The van der Waals surface area contributed by atoms with Crippen molar-refractivity contribution in [2.75, 3.05) is 26.7 Å². The van der Waals surface area contributed by atoms with Gasteiger partial charge < -0.3 is 14.8 Å². The largest absolute Gasteiger partial charge is 0.355 e. The normalized spacial score (nSPS) is 17.3. The van der Waals surface area contributed by atoms with E-state index in [-0.39, 0.29) is 5.91 Å². The summed E-state index contributed by atoms with van der Waals surface area (Å²) in [7, 11) is 1.68. The van der Waals surface area contributed by atoms with Crippen molar-refractivity contribution in [3.63, 3.8) is 0 Å². The molecular weight excluding hydrogens is 468 g/mol. The minimum atomic E-state index is -0.0614. The van der Waals surface area contributed by atoms with Crippen LogP contribution in [-0.4, -0.2) is 47.0 Å². The van der Waals surface area contributed by atoms with E-state index in [2.05, 4.69) is 63.3 Å². The Balaban J connectivity index is 1.28. The molecule has 2 heterocycles. The summed E-state index contributed by atoms with van der Waals surface area (Å²) in [4.78, 5) is 20.2. The standard InChI is InChI=1S/C33H38N4O/c1-34-33(38)29-15-16-30-31(21-29)37(23-25-17-19-36(20-18-25)22-24-7-5-6-8-24)32(35-30)28-13-11-27(12-14-28)26-9-3-2-4-10-26/h2-4,9-16,21,24-25H,5-8,17-20,22-23H2,1H3,(H,34,38). The van der Waals surface area contributed by atoms with E-state index >= 15 is 0 Å². The van der Waals surface area contributed by atoms with Gasteiger partial charge in [0, 0.05) is 31.3 Å². The lowest BCUT2D eigenvalue weighted by Gasteiger charge is -2.34. The Morgan fingerprint density at radius 1 is 0.816 bits per heavy atom. The van der Waals surface area contributed by atoms with Crippen molar-refractivity contribution in [2.24, 2.45) is 11.8 Å². The molecule has 0 atom stereocenters. The van der Waals surface area contributed by atoms with Crippen LogP contribution in [0.25, 0.3) is 33.5 Å². The number of amides is 1. The van der Waals surface area contributed by atoms with Crippen LogP contribution in [0.2, 0.25) is 0 Å². The van der Waals surface area contributed by atoms with Crippen LogP contribution in [0.5, 0.6) is 0 Å². The number of carbonyl (C=O) groups is 1. The molecule has 38 heavy (non-hydrogen) atoms. The van der Waals surface area contributed by atoms with Gasteiger partial charge in [0.05, 0.1) is 11.0 Å². The molecule has 0 spiro atoms. The van der Waals surface area contributed by atoms with Crippen molar-refractivity contribution in [3.8, 4) is 22.5 Å². The highest BCUT2D eigenvalue weighted by molar-refractivity contribution is 5.97. The maximum Gasteiger partial charge on any atom is 0.251 e. The van der Waals surface area contributed by atoms with Crippen LogP contribution in [0.15, 0.2) is 72.8 Å². The first-order chi connectivity index (χ1) is 18.7. The second-order valence-corrected chi connectivity index (χ2v) is 11.2. The van der Waals surface area contributed by atoms with E-state index in [0.717, 1.165) is 34.9 Å². The SMILES string of the molecule is CNC(=O)c1ccc2nc(-c3ccc(-c4ccccc4)cc3)n(CC3CCN(CC4CCCC4)CC3)c2c1. The Morgan fingerprint density at radius 3 is 2.18 bits per heavy atom. The van der Waals surface area contributed by atoms with Crippen LogP contribution in [-0.2, 0) is 6.54 Å². The summed E-state index contributed by atoms with van der Waals surface area (Å²) < 4.78 is 2.37. The number of hydrogen-bond donors (Lipinski definition) is 1. The number of nitrogens with zero attached hydrogens (tertiary/aromatic N) is 3. The summed E-state index contributed by atoms with van der Waals surface area (Å²) >= 11 is 0. The minimum absolute atomic E-state index is 0.0614. The minimum Gasteiger partial charge on any atom is -0.355 e. The quantitative estimate of drug-likeness (QED) is 0.306. The van der Waals surface area contributed by atoms with Crippen molar-refractivity contribution in [1.29, 1.82) is 0 Å². The van der Waals surface area contributed by atoms with E-state index < -0.39 is 0 Å². The molecular formula is C33H38N4O. The summed E-state index contributed by atoms with van der Waals surface area (Å²) in [6, 6.07) is 25.1. The molecule has 0 radical (unpaired) electrons. The lowest BCUT2D eigenvalue weighted by atomic mass is 9.95. The highest BCUT2D eigenvalue weighted by Gasteiger charge is 2.25. The van der Waals surface area contributed by atoms with E-state index in [1.54, 1.807) is 7.05 Å². The Morgan fingerprint density at radius 2 is 1.47 bits per heavy atom. The third-order valence-electron chi connectivity index (χ3n) is 8.63. The molecule has 1 aliphatic heterocycles. The molecule has 6 rings (SSSR count). The molecule has 1 aliphatic carbocycles. The van der Waals surface area contributed by atoms with E-state index in [1.807, 2.05) is 24.3 Å². The average Bonchev–Trinajstić information content (AvgIpc) is 3.62. The van der Waals surface area contributed by atoms with Crippen LogP contribution >= 0.6 is 0 Å². The molecule has 1 N–H and O–H groups in total. The van der Waals surface area contributed by atoms with Gasteiger partial charge in [-0.05, 0) is 79.9 Å².